The van der Waals surface area contributed by atoms with Gasteiger partial charge in [0.25, 0.3) is 0 Å². The van der Waals surface area contributed by atoms with E-state index in [1.807, 2.05) is 6.92 Å². The van der Waals surface area contributed by atoms with Crippen LogP contribution in [0.3, 0.4) is 0 Å². The number of esters is 2. The van der Waals surface area contributed by atoms with Crippen LogP contribution in [0.4, 0.5) is 0 Å². The first-order valence-corrected chi connectivity index (χ1v) is 13.9. The zero-order chi connectivity index (χ0) is 25.6. The van der Waals surface area contributed by atoms with Crippen LogP contribution in [-0.4, -0.2) is 48.6 Å². The molecule has 0 heterocycles. The maximum atomic E-state index is 13.0. The van der Waals surface area contributed by atoms with Crippen molar-refractivity contribution in [3.8, 4) is 0 Å². The summed E-state index contributed by atoms with van der Waals surface area (Å²) in [6, 6.07) is 0. The lowest BCUT2D eigenvalue weighted by Crippen LogP contribution is -2.63. The normalized spacial score (nSPS) is 52.9. The second-order valence-electron chi connectivity index (χ2n) is 13.7. The molecule has 0 bridgehead atoms. The predicted molar refractivity (Wildman–Crippen MR) is 131 cm³/mol. The van der Waals surface area contributed by atoms with Crippen LogP contribution in [0, 0.1) is 50.7 Å². The van der Waals surface area contributed by atoms with Crippen LogP contribution in [-0.2, 0) is 19.1 Å². The number of aliphatic hydroxyl groups is 2. The van der Waals surface area contributed by atoms with E-state index in [0.717, 1.165) is 38.5 Å². The molecule has 2 spiro atoms. The van der Waals surface area contributed by atoms with Crippen molar-refractivity contribution in [2.75, 3.05) is 14.2 Å². The summed E-state index contributed by atoms with van der Waals surface area (Å²) < 4.78 is 10.1. The second kappa shape index (κ2) is 7.93. The highest BCUT2D eigenvalue weighted by Crippen LogP contribution is 2.89. The van der Waals surface area contributed by atoms with Gasteiger partial charge in [0, 0.05) is 18.3 Å². The first-order chi connectivity index (χ1) is 16.4. The van der Waals surface area contributed by atoms with Crippen molar-refractivity contribution < 1.29 is 29.3 Å². The minimum absolute atomic E-state index is 0.0402. The fourth-order valence-corrected chi connectivity index (χ4v) is 11.2. The Morgan fingerprint density at radius 3 is 2.26 bits per heavy atom. The maximum absolute atomic E-state index is 13.0. The number of carbonyl (C=O) groups excluding carboxylic acids is 2. The number of hydrogen-bond acceptors (Lipinski definition) is 6. The van der Waals surface area contributed by atoms with Gasteiger partial charge in [0.2, 0.25) is 0 Å². The van der Waals surface area contributed by atoms with Crippen molar-refractivity contribution in [2.24, 2.45) is 50.7 Å². The van der Waals surface area contributed by atoms with Crippen molar-refractivity contribution in [3.05, 3.63) is 0 Å². The molecule has 5 rings (SSSR count). The molecule has 5 fully saturated rings. The number of methoxy groups -OCH3 is 2. The van der Waals surface area contributed by atoms with Gasteiger partial charge in [-0.25, -0.2) is 0 Å². The molecule has 5 saturated carbocycles. The fourth-order valence-electron chi connectivity index (χ4n) is 11.2. The molecule has 11 atom stereocenters. The van der Waals surface area contributed by atoms with Gasteiger partial charge in [-0.15, -0.1) is 0 Å². The van der Waals surface area contributed by atoms with E-state index >= 15 is 0 Å². The molecule has 0 aliphatic heterocycles. The molecule has 198 valence electrons. The number of carbonyl (C=O) groups is 2. The first kappa shape index (κ1) is 25.5. The highest BCUT2D eigenvalue weighted by atomic mass is 16.5. The lowest BCUT2D eigenvalue weighted by molar-refractivity contribution is -0.212. The van der Waals surface area contributed by atoms with Crippen molar-refractivity contribution >= 4 is 11.9 Å². The molecule has 0 radical (unpaired) electrons. The third-order valence-corrected chi connectivity index (χ3v) is 13.2. The van der Waals surface area contributed by atoms with Crippen LogP contribution < -0.4 is 0 Å². The molecular formula is C29H46O6. The van der Waals surface area contributed by atoms with E-state index in [1.165, 1.54) is 27.1 Å². The molecule has 6 nitrogen and oxygen atoms in total. The van der Waals surface area contributed by atoms with Crippen LogP contribution in [0.1, 0.15) is 91.9 Å². The standard InChI is InChI=1S/C29H46O6/c1-17(7-10-23(32)34-5)18-11-12-26(3)19-8-9-20-27(4,24(33)35-6)21(30)15-22(31)29(20)16-28(19,29)14-13-25(18,26)2/h17-22,30-31H,7-16H2,1-6H3/t17-,18-,19+,20+,21+,22+,25-,26+,27+,28+,29-/m1/s1. The van der Waals surface area contributed by atoms with Crippen molar-refractivity contribution in [1.29, 1.82) is 0 Å². The molecular weight excluding hydrogens is 444 g/mol. The minimum Gasteiger partial charge on any atom is -0.469 e. The van der Waals surface area contributed by atoms with Crippen molar-refractivity contribution in [1.82, 2.24) is 0 Å². The highest BCUT2D eigenvalue weighted by molar-refractivity contribution is 5.78. The van der Waals surface area contributed by atoms with Gasteiger partial charge >= 0.3 is 11.9 Å². The molecule has 0 aromatic carbocycles. The second-order valence-corrected chi connectivity index (χ2v) is 13.7. The van der Waals surface area contributed by atoms with Crippen molar-refractivity contribution in [2.45, 2.75) is 104 Å². The Bertz CT molecular complexity index is 904. The Morgan fingerprint density at radius 2 is 1.60 bits per heavy atom. The van der Waals surface area contributed by atoms with Gasteiger partial charge in [-0.3, -0.25) is 9.59 Å². The average Bonchev–Trinajstić information content (AvgIpc) is 3.45. The molecule has 0 amide bonds. The molecule has 5 aliphatic rings. The monoisotopic (exact) mass is 490 g/mol. The smallest absolute Gasteiger partial charge is 0.314 e. The zero-order valence-corrected chi connectivity index (χ0v) is 22.6. The Hall–Kier alpha value is -1.14. The van der Waals surface area contributed by atoms with Crippen LogP contribution in [0.5, 0.6) is 0 Å². The van der Waals surface area contributed by atoms with E-state index in [1.54, 1.807) is 0 Å². The largest absolute Gasteiger partial charge is 0.469 e. The quantitative estimate of drug-likeness (QED) is 0.551. The lowest BCUT2D eigenvalue weighted by Gasteiger charge is -2.63. The molecule has 0 aromatic heterocycles. The summed E-state index contributed by atoms with van der Waals surface area (Å²) in [5.74, 6) is 1.09. The van der Waals surface area contributed by atoms with Gasteiger partial charge in [0.15, 0.2) is 0 Å². The van der Waals surface area contributed by atoms with Crippen LogP contribution in [0.15, 0.2) is 0 Å². The fraction of sp³-hybridized carbons (Fsp3) is 0.931. The summed E-state index contributed by atoms with van der Waals surface area (Å²) >= 11 is 0. The van der Waals surface area contributed by atoms with Gasteiger partial charge in [-0.05, 0) is 98.2 Å². The van der Waals surface area contributed by atoms with Gasteiger partial charge in [-0.2, -0.15) is 0 Å². The summed E-state index contributed by atoms with van der Waals surface area (Å²) in [6.45, 7) is 9.23. The van der Waals surface area contributed by atoms with Gasteiger partial charge < -0.3 is 19.7 Å². The first-order valence-electron chi connectivity index (χ1n) is 13.9. The maximum Gasteiger partial charge on any atom is 0.314 e. The third kappa shape index (κ3) is 2.90. The number of fused-ring (bicyclic) bond motifs is 2. The Labute approximate surface area is 210 Å². The third-order valence-electron chi connectivity index (χ3n) is 13.2. The molecule has 0 unspecified atom stereocenters. The Kier molecular flexibility index (Phi) is 5.78. The Balaban J connectivity index is 1.45. The Morgan fingerprint density at radius 1 is 0.914 bits per heavy atom. The summed E-state index contributed by atoms with van der Waals surface area (Å²) in [5, 5.41) is 22.5. The van der Waals surface area contributed by atoms with E-state index in [9.17, 15) is 19.8 Å². The minimum atomic E-state index is -0.954. The zero-order valence-electron chi connectivity index (χ0n) is 22.6. The van der Waals surface area contributed by atoms with E-state index in [4.69, 9.17) is 9.47 Å². The molecule has 2 N–H and O–H groups in total. The van der Waals surface area contributed by atoms with E-state index in [-0.39, 0.29) is 45.9 Å². The predicted octanol–water partition coefficient (Wildman–Crippen LogP) is 4.50. The summed E-state index contributed by atoms with van der Waals surface area (Å²) in [7, 11) is 2.88. The molecule has 0 saturated heterocycles. The number of hydrogen-bond donors (Lipinski definition) is 2. The van der Waals surface area contributed by atoms with Crippen LogP contribution in [0.2, 0.25) is 0 Å². The molecule has 0 aromatic rings. The SMILES string of the molecule is COC(=O)CC[C@@H](C)[C@H]1CC[C@@]2(C)[C@@H]3CC[C@H]4[C@](C)(C(=O)OC)[C@@H](O)C[C@H](O)[C@@]45C[C@@]35CC[C@]12C. The van der Waals surface area contributed by atoms with Crippen LogP contribution in [0.25, 0.3) is 0 Å². The summed E-state index contributed by atoms with van der Waals surface area (Å²) in [6.07, 6.45) is 7.68. The van der Waals surface area contributed by atoms with E-state index in [0.29, 0.717) is 24.2 Å². The number of rotatable bonds is 5. The van der Waals surface area contributed by atoms with E-state index in [2.05, 4.69) is 20.8 Å². The van der Waals surface area contributed by atoms with Gasteiger partial charge in [0.05, 0.1) is 31.8 Å². The topological polar surface area (TPSA) is 93.1 Å². The van der Waals surface area contributed by atoms with Gasteiger partial charge in [0.1, 0.15) is 0 Å². The highest BCUT2D eigenvalue weighted by Gasteiger charge is 2.85. The van der Waals surface area contributed by atoms with Crippen LogP contribution >= 0.6 is 0 Å². The summed E-state index contributed by atoms with van der Waals surface area (Å²) in [5.41, 5.74) is -0.786. The molecule has 35 heavy (non-hydrogen) atoms. The van der Waals surface area contributed by atoms with E-state index < -0.39 is 17.6 Å². The summed E-state index contributed by atoms with van der Waals surface area (Å²) in [4.78, 5) is 24.8. The van der Waals surface area contributed by atoms with Gasteiger partial charge in [-0.1, -0.05) is 20.8 Å². The number of aliphatic hydroxyl groups excluding tert-OH is 2. The molecule has 5 aliphatic carbocycles. The van der Waals surface area contributed by atoms with Crippen molar-refractivity contribution in [3.63, 3.8) is 0 Å². The molecule has 6 heteroatoms. The number of ether oxygens (including phenoxy) is 2. The lowest BCUT2D eigenvalue weighted by atomic mass is 9.41. The average molecular weight is 491 g/mol.